The average molecular weight is 310 g/mol. The molecule has 1 atom stereocenters. The average Bonchev–Trinajstić information content (AvgIpc) is 2.59. The van der Waals surface area contributed by atoms with Crippen molar-refractivity contribution in [2.45, 2.75) is 19.8 Å². The molecule has 0 fully saturated rings. The van der Waals surface area contributed by atoms with Crippen LogP contribution in [0.5, 0.6) is 0 Å². The van der Waals surface area contributed by atoms with Crippen molar-refractivity contribution in [1.29, 1.82) is 0 Å². The van der Waals surface area contributed by atoms with Crippen LogP contribution < -0.4 is 10.6 Å². The summed E-state index contributed by atoms with van der Waals surface area (Å²) in [6.45, 7) is 4.54. The van der Waals surface area contributed by atoms with Crippen molar-refractivity contribution >= 4 is 11.8 Å². The van der Waals surface area contributed by atoms with E-state index >= 15 is 0 Å². The molecule has 0 aliphatic rings. The van der Waals surface area contributed by atoms with Crippen LogP contribution in [0.15, 0.2) is 54.6 Å². The molecule has 0 aromatic heterocycles. The highest BCUT2D eigenvalue weighted by Crippen LogP contribution is 2.12. The molecule has 0 unspecified atom stereocenters. The van der Waals surface area contributed by atoms with E-state index in [0.29, 0.717) is 12.1 Å². The van der Waals surface area contributed by atoms with Crippen LogP contribution in [-0.4, -0.2) is 24.9 Å². The highest BCUT2D eigenvalue weighted by molar-refractivity contribution is 5.96. The van der Waals surface area contributed by atoms with Crippen molar-refractivity contribution in [3.05, 3.63) is 71.3 Å². The molecule has 23 heavy (non-hydrogen) atoms. The second-order valence-corrected chi connectivity index (χ2v) is 5.66. The van der Waals surface area contributed by atoms with Crippen LogP contribution in [0, 0.1) is 6.92 Å². The van der Waals surface area contributed by atoms with Crippen LogP contribution in [0.4, 0.5) is 0 Å². The fourth-order valence-corrected chi connectivity index (χ4v) is 2.20. The molecule has 0 saturated heterocycles. The van der Waals surface area contributed by atoms with Gasteiger partial charge in [-0.3, -0.25) is 9.59 Å². The fraction of sp³-hybridized carbons (Fsp3) is 0.263. The Labute approximate surface area is 136 Å². The number of carbonyl (C=O) groups excluding carboxylic acids is 2. The molecule has 0 radical (unpaired) electrons. The molecule has 0 heterocycles. The van der Waals surface area contributed by atoms with Gasteiger partial charge in [0.2, 0.25) is 5.91 Å². The highest BCUT2D eigenvalue weighted by Gasteiger charge is 2.10. The molecule has 0 spiro atoms. The van der Waals surface area contributed by atoms with E-state index in [1.165, 1.54) is 5.56 Å². The Morgan fingerprint density at radius 1 is 0.957 bits per heavy atom. The first kappa shape index (κ1) is 16.7. The number of amides is 2. The van der Waals surface area contributed by atoms with Crippen LogP contribution in [0.25, 0.3) is 0 Å². The largest absolute Gasteiger partial charge is 0.354 e. The van der Waals surface area contributed by atoms with E-state index in [1.807, 2.05) is 49.4 Å². The number of hydrogen-bond donors (Lipinski definition) is 2. The highest BCUT2D eigenvalue weighted by atomic mass is 16.2. The molecule has 0 aliphatic carbocycles. The third kappa shape index (κ3) is 5.25. The van der Waals surface area contributed by atoms with Crippen LogP contribution in [0.1, 0.15) is 34.3 Å². The van der Waals surface area contributed by atoms with E-state index in [4.69, 9.17) is 0 Å². The first-order chi connectivity index (χ1) is 11.1. The van der Waals surface area contributed by atoms with Crippen molar-refractivity contribution in [1.82, 2.24) is 10.6 Å². The summed E-state index contributed by atoms with van der Waals surface area (Å²) in [5, 5.41) is 5.47. The van der Waals surface area contributed by atoms with Crippen LogP contribution in [0.2, 0.25) is 0 Å². The lowest BCUT2D eigenvalue weighted by Crippen LogP contribution is -2.38. The standard InChI is InChI=1S/C19H22N2O2/c1-14-8-10-17(11-9-14)19(23)21-13-18(22)20-12-15(2)16-6-4-3-5-7-16/h3-11,15H,12-13H2,1-2H3,(H,20,22)(H,21,23)/t15-/m0/s1. The van der Waals surface area contributed by atoms with Gasteiger partial charge in [-0.05, 0) is 30.5 Å². The number of nitrogens with one attached hydrogen (secondary N) is 2. The molecule has 2 aromatic rings. The zero-order chi connectivity index (χ0) is 16.7. The summed E-state index contributed by atoms with van der Waals surface area (Å²) in [5.41, 5.74) is 2.83. The van der Waals surface area contributed by atoms with Gasteiger partial charge in [0.05, 0.1) is 6.54 Å². The Kier molecular flexibility index (Phi) is 5.92. The van der Waals surface area contributed by atoms with E-state index in [0.717, 1.165) is 5.56 Å². The number of carbonyl (C=O) groups is 2. The molecule has 4 nitrogen and oxygen atoms in total. The van der Waals surface area contributed by atoms with Crippen LogP contribution in [0.3, 0.4) is 0 Å². The number of hydrogen-bond acceptors (Lipinski definition) is 2. The van der Waals surface area contributed by atoms with Gasteiger partial charge in [-0.25, -0.2) is 0 Å². The second-order valence-electron chi connectivity index (χ2n) is 5.66. The van der Waals surface area contributed by atoms with Crippen molar-refractivity contribution < 1.29 is 9.59 Å². The fourth-order valence-electron chi connectivity index (χ4n) is 2.20. The van der Waals surface area contributed by atoms with E-state index in [-0.39, 0.29) is 24.3 Å². The van der Waals surface area contributed by atoms with Crippen LogP contribution >= 0.6 is 0 Å². The van der Waals surface area contributed by atoms with Crippen molar-refractivity contribution in [3.63, 3.8) is 0 Å². The minimum atomic E-state index is -0.240. The molecule has 120 valence electrons. The lowest BCUT2D eigenvalue weighted by molar-refractivity contribution is -0.120. The normalized spacial score (nSPS) is 11.6. The lowest BCUT2D eigenvalue weighted by Gasteiger charge is -2.13. The smallest absolute Gasteiger partial charge is 0.251 e. The van der Waals surface area contributed by atoms with Gasteiger partial charge in [0, 0.05) is 12.1 Å². The molecule has 0 saturated carbocycles. The molecule has 0 aliphatic heterocycles. The summed E-state index contributed by atoms with van der Waals surface area (Å²) in [5.74, 6) is -0.197. The van der Waals surface area contributed by atoms with E-state index in [9.17, 15) is 9.59 Å². The summed E-state index contributed by atoms with van der Waals surface area (Å²) in [6, 6.07) is 17.2. The Morgan fingerprint density at radius 3 is 2.26 bits per heavy atom. The molecule has 2 rings (SSSR count). The van der Waals surface area contributed by atoms with Crippen molar-refractivity contribution in [2.75, 3.05) is 13.1 Å². The van der Waals surface area contributed by atoms with Crippen molar-refractivity contribution in [3.8, 4) is 0 Å². The number of rotatable bonds is 6. The Morgan fingerprint density at radius 2 is 1.61 bits per heavy atom. The Balaban J connectivity index is 1.75. The summed E-state index contributed by atoms with van der Waals surface area (Å²) in [7, 11) is 0. The maximum absolute atomic E-state index is 11.9. The van der Waals surface area contributed by atoms with Gasteiger partial charge in [0.1, 0.15) is 0 Å². The predicted octanol–water partition coefficient (Wildman–Crippen LogP) is 2.64. The van der Waals surface area contributed by atoms with Gasteiger partial charge >= 0.3 is 0 Å². The zero-order valence-corrected chi connectivity index (χ0v) is 13.5. The van der Waals surface area contributed by atoms with Gasteiger partial charge < -0.3 is 10.6 Å². The SMILES string of the molecule is Cc1ccc(C(=O)NCC(=O)NC[C@H](C)c2ccccc2)cc1. The third-order valence-electron chi connectivity index (χ3n) is 3.70. The Hall–Kier alpha value is -2.62. The van der Waals surface area contributed by atoms with Gasteiger partial charge in [-0.15, -0.1) is 0 Å². The number of benzene rings is 2. The van der Waals surface area contributed by atoms with Crippen molar-refractivity contribution in [2.24, 2.45) is 0 Å². The summed E-state index contributed by atoms with van der Waals surface area (Å²) in [4.78, 5) is 23.8. The summed E-state index contributed by atoms with van der Waals surface area (Å²) >= 11 is 0. The topological polar surface area (TPSA) is 58.2 Å². The molecule has 2 amide bonds. The predicted molar refractivity (Wildman–Crippen MR) is 91.4 cm³/mol. The van der Waals surface area contributed by atoms with Gasteiger partial charge in [0.25, 0.3) is 5.91 Å². The monoisotopic (exact) mass is 310 g/mol. The molecule has 2 N–H and O–H groups in total. The lowest BCUT2D eigenvalue weighted by atomic mass is 10.0. The summed E-state index contributed by atoms with van der Waals surface area (Å²) < 4.78 is 0. The zero-order valence-electron chi connectivity index (χ0n) is 13.5. The Bertz CT molecular complexity index is 651. The van der Waals surface area contributed by atoms with Gasteiger partial charge in [-0.2, -0.15) is 0 Å². The second kappa shape index (κ2) is 8.13. The quantitative estimate of drug-likeness (QED) is 0.862. The van der Waals surface area contributed by atoms with E-state index in [2.05, 4.69) is 17.6 Å². The van der Waals surface area contributed by atoms with Crippen LogP contribution in [-0.2, 0) is 4.79 Å². The maximum atomic E-state index is 11.9. The van der Waals surface area contributed by atoms with E-state index < -0.39 is 0 Å². The molecule has 4 heteroatoms. The molecular formula is C19H22N2O2. The minimum Gasteiger partial charge on any atom is -0.354 e. The molecular weight excluding hydrogens is 288 g/mol. The van der Waals surface area contributed by atoms with E-state index in [1.54, 1.807) is 12.1 Å². The van der Waals surface area contributed by atoms with Gasteiger partial charge in [-0.1, -0.05) is 55.0 Å². The number of aryl methyl sites for hydroxylation is 1. The summed E-state index contributed by atoms with van der Waals surface area (Å²) in [6.07, 6.45) is 0. The molecule has 2 aromatic carbocycles. The first-order valence-corrected chi connectivity index (χ1v) is 7.73. The van der Waals surface area contributed by atoms with Gasteiger partial charge in [0.15, 0.2) is 0 Å². The minimum absolute atomic E-state index is 0.0196. The third-order valence-corrected chi connectivity index (χ3v) is 3.70. The first-order valence-electron chi connectivity index (χ1n) is 7.73. The molecule has 0 bridgehead atoms. The maximum Gasteiger partial charge on any atom is 0.251 e.